The van der Waals surface area contributed by atoms with E-state index in [2.05, 4.69) is 87.7 Å². The van der Waals surface area contributed by atoms with Gasteiger partial charge in [-0.2, -0.15) is 5.10 Å². The maximum Gasteiger partial charge on any atom is 0.0700 e. The van der Waals surface area contributed by atoms with Crippen LogP contribution in [0, 0.1) is 6.92 Å². The lowest BCUT2D eigenvalue weighted by atomic mass is 10.1. The summed E-state index contributed by atoms with van der Waals surface area (Å²) in [5.74, 6) is 0. The van der Waals surface area contributed by atoms with E-state index in [0.29, 0.717) is 0 Å². The lowest BCUT2D eigenvalue weighted by Crippen LogP contribution is -2.46. The van der Waals surface area contributed by atoms with Gasteiger partial charge in [-0.1, -0.05) is 42.8 Å². The Bertz CT molecular complexity index is 891. The molecule has 28 heavy (non-hydrogen) atoms. The summed E-state index contributed by atoms with van der Waals surface area (Å²) in [6.07, 6.45) is 1.91. The van der Waals surface area contributed by atoms with Gasteiger partial charge in [-0.15, -0.1) is 0 Å². The Morgan fingerprint density at radius 1 is 1.04 bits per heavy atom. The summed E-state index contributed by atoms with van der Waals surface area (Å²) in [5, 5.41) is 11.0. The van der Waals surface area contributed by atoms with Crippen LogP contribution in [0.1, 0.15) is 18.1 Å². The predicted octanol–water partition coefficient (Wildman–Crippen LogP) is 4.14. The zero-order chi connectivity index (χ0) is 19.3. The lowest BCUT2D eigenvalue weighted by Gasteiger charge is -2.35. The molecule has 2 N–H and O–H groups in total. The van der Waals surface area contributed by atoms with E-state index in [1.165, 1.54) is 22.4 Å². The van der Waals surface area contributed by atoms with E-state index < -0.39 is 0 Å². The normalized spacial score (nSPS) is 15.0. The number of H-pyrrole nitrogens is 1. The Morgan fingerprint density at radius 2 is 1.82 bits per heavy atom. The van der Waals surface area contributed by atoms with Crippen LogP contribution in [-0.4, -0.2) is 47.8 Å². The molecule has 0 aliphatic carbocycles. The molecular weight excluding hydrogens is 346 g/mol. The second-order valence-corrected chi connectivity index (χ2v) is 7.46. The molecule has 0 amide bonds. The highest BCUT2D eigenvalue weighted by Crippen LogP contribution is 2.24. The zero-order valence-electron chi connectivity index (χ0n) is 16.8. The minimum atomic E-state index is 0.743. The van der Waals surface area contributed by atoms with Gasteiger partial charge >= 0.3 is 0 Å². The van der Waals surface area contributed by atoms with Crippen LogP contribution in [0.15, 0.2) is 54.7 Å². The van der Waals surface area contributed by atoms with Crippen LogP contribution in [0.4, 0.5) is 11.4 Å². The van der Waals surface area contributed by atoms with E-state index in [9.17, 15) is 0 Å². The van der Waals surface area contributed by atoms with Gasteiger partial charge in [0, 0.05) is 49.7 Å². The van der Waals surface area contributed by atoms with Gasteiger partial charge < -0.3 is 15.1 Å². The number of hydrogen-bond acceptors (Lipinski definition) is 4. The standard InChI is InChI=1S/C23H29N5/c1-3-27-11-13-28(14-12-27)22-6-4-5-21(15-22)24-16-20-17-25-26-23(20)19-9-7-18(2)8-10-19/h4-10,15,17,24H,3,11-14,16H2,1-2H3,(H,25,26). The lowest BCUT2D eigenvalue weighted by molar-refractivity contribution is 0.271. The fourth-order valence-corrected chi connectivity index (χ4v) is 3.75. The van der Waals surface area contributed by atoms with E-state index in [1.807, 2.05) is 6.20 Å². The predicted molar refractivity (Wildman–Crippen MR) is 117 cm³/mol. The molecule has 5 heteroatoms. The van der Waals surface area contributed by atoms with Crippen molar-refractivity contribution in [2.24, 2.45) is 0 Å². The number of likely N-dealkylation sites (N-methyl/N-ethyl adjacent to an activating group) is 1. The number of nitrogens with one attached hydrogen (secondary N) is 2. The number of aromatic amines is 1. The van der Waals surface area contributed by atoms with Crippen LogP contribution < -0.4 is 10.2 Å². The molecule has 1 aliphatic rings. The molecule has 3 aromatic rings. The van der Waals surface area contributed by atoms with Gasteiger partial charge in [-0.25, -0.2) is 0 Å². The molecule has 5 nitrogen and oxygen atoms in total. The summed E-state index contributed by atoms with van der Waals surface area (Å²) in [6.45, 7) is 10.7. The van der Waals surface area contributed by atoms with E-state index in [-0.39, 0.29) is 0 Å². The molecule has 2 aromatic carbocycles. The molecule has 1 fully saturated rings. The summed E-state index contributed by atoms with van der Waals surface area (Å²) in [5.41, 5.74) is 7.13. The van der Waals surface area contributed by atoms with Crippen molar-refractivity contribution in [2.45, 2.75) is 20.4 Å². The highest BCUT2D eigenvalue weighted by Gasteiger charge is 2.16. The van der Waals surface area contributed by atoms with Crippen molar-refractivity contribution in [3.05, 3.63) is 65.9 Å². The van der Waals surface area contributed by atoms with Crippen molar-refractivity contribution in [1.29, 1.82) is 0 Å². The van der Waals surface area contributed by atoms with Gasteiger partial charge in [-0.05, 0) is 37.2 Å². The molecule has 0 radical (unpaired) electrons. The highest BCUT2D eigenvalue weighted by molar-refractivity contribution is 5.64. The first kappa shape index (κ1) is 18.6. The van der Waals surface area contributed by atoms with Gasteiger partial charge in [0.1, 0.15) is 0 Å². The number of aryl methyl sites for hydroxylation is 1. The number of nitrogens with zero attached hydrogens (tertiary/aromatic N) is 3. The van der Waals surface area contributed by atoms with Gasteiger partial charge in [0.15, 0.2) is 0 Å². The van der Waals surface area contributed by atoms with Crippen LogP contribution in [0.25, 0.3) is 11.3 Å². The van der Waals surface area contributed by atoms with Crippen molar-refractivity contribution >= 4 is 11.4 Å². The second kappa shape index (κ2) is 8.48. The van der Waals surface area contributed by atoms with Gasteiger partial charge in [0.25, 0.3) is 0 Å². The molecule has 0 atom stereocenters. The van der Waals surface area contributed by atoms with Crippen LogP contribution in [0.2, 0.25) is 0 Å². The third kappa shape index (κ3) is 4.20. The first-order valence-electron chi connectivity index (χ1n) is 10.1. The molecule has 146 valence electrons. The number of hydrogen-bond donors (Lipinski definition) is 2. The second-order valence-electron chi connectivity index (χ2n) is 7.46. The molecule has 1 saturated heterocycles. The average molecular weight is 376 g/mol. The van der Waals surface area contributed by atoms with Crippen molar-refractivity contribution in [1.82, 2.24) is 15.1 Å². The number of aromatic nitrogens is 2. The van der Waals surface area contributed by atoms with Crippen molar-refractivity contribution in [3.63, 3.8) is 0 Å². The molecule has 1 aliphatic heterocycles. The van der Waals surface area contributed by atoms with Gasteiger partial charge in [0.05, 0.1) is 11.9 Å². The zero-order valence-corrected chi connectivity index (χ0v) is 16.8. The maximum absolute atomic E-state index is 4.26. The topological polar surface area (TPSA) is 47.2 Å². The summed E-state index contributed by atoms with van der Waals surface area (Å²) in [6, 6.07) is 17.3. The number of benzene rings is 2. The molecule has 4 rings (SSSR count). The summed E-state index contributed by atoms with van der Waals surface area (Å²) < 4.78 is 0. The molecular formula is C23H29N5. The van der Waals surface area contributed by atoms with Crippen molar-refractivity contribution in [3.8, 4) is 11.3 Å². The monoisotopic (exact) mass is 375 g/mol. The summed E-state index contributed by atoms with van der Waals surface area (Å²) in [4.78, 5) is 4.98. The fourth-order valence-electron chi connectivity index (χ4n) is 3.75. The van der Waals surface area contributed by atoms with Crippen LogP contribution in [-0.2, 0) is 6.54 Å². The Labute approximate surface area is 167 Å². The SMILES string of the molecule is CCN1CCN(c2cccc(NCc3cn[nH]c3-c3ccc(C)cc3)c2)CC1. The van der Waals surface area contributed by atoms with Crippen LogP contribution in [0.5, 0.6) is 0 Å². The van der Waals surface area contributed by atoms with E-state index in [1.54, 1.807) is 0 Å². The van der Waals surface area contributed by atoms with Crippen molar-refractivity contribution < 1.29 is 0 Å². The van der Waals surface area contributed by atoms with E-state index >= 15 is 0 Å². The average Bonchev–Trinajstić information content (AvgIpc) is 3.22. The van der Waals surface area contributed by atoms with E-state index in [0.717, 1.165) is 50.6 Å². The Hall–Kier alpha value is -2.79. The molecule has 0 spiro atoms. The van der Waals surface area contributed by atoms with Gasteiger partial charge in [0.2, 0.25) is 0 Å². The molecule has 0 bridgehead atoms. The first-order valence-corrected chi connectivity index (χ1v) is 10.1. The third-order valence-corrected chi connectivity index (χ3v) is 5.57. The third-order valence-electron chi connectivity index (χ3n) is 5.57. The largest absolute Gasteiger partial charge is 0.381 e. The van der Waals surface area contributed by atoms with Gasteiger partial charge in [-0.3, -0.25) is 5.10 Å². The molecule has 1 aromatic heterocycles. The molecule has 2 heterocycles. The molecule has 0 unspecified atom stereocenters. The summed E-state index contributed by atoms with van der Waals surface area (Å²) in [7, 11) is 0. The first-order chi connectivity index (χ1) is 13.7. The van der Waals surface area contributed by atoms with Crippen LogP contribution >= 0.6 is 0 Å². The van der Waals surface area contributed by atoms with Crippen molar-refractivity contribution in [2.75, 3.05) is 42.9 Å². The minimum Gasteiger partial charge on any atom is -0.381 e. The Kier molecular flexibility index (Phi) is 5.63. The Balaban J connectivity index is 1.42. The number of piperazine rings is 1. The van der Waals surface area contributed by atoms with Crippen LogP contribution in [0.3, 0.4) is 0 Å². The quantitative estimate of drug-likeness (QED) is 0.680. The smallest absolute Gasteiger partial charge is 0.0700 e. The number of rotatable bonds is 6. The number of anilines is 2. The highest BCUT2D eigenvalue weighted by atomic mass is 15.3. The maximum atomic E-state index is 4.26. The Morgan fingerprint density at radius 3 is 2.57 bits per heavy atom. The molecule has 0 saturated carbocycles. The minimum absolute atomic E-state index is 0.743. The fraction of sp³-hybridized carbons (Fsp3) is 0.348. The van der Waals surface area contributed by atoms with E-state index in [4.69, 9.17) is 0 Å². The summed E-state index contributed by atoms with van der Waals surface area (Å²) >= 11 is 0.